The summed E-state index contributed by atoms with van der Waals surface area (Å²) in [5.74, 6) is -2.75. The van der Waals surface area contributed by atoms with Crippen molar-refractivity contribution < 1.29 is 51.7 Å². The quantitative estimate of drug-likeness (QED) is 0.0271. The van der Waals surface area contributed by atoms with Crippen LogP contribution in [0.4, 0.5) is 26.1 Å². The maximum Gasteiger partial charge on any atom is 0.251 e. The first-order chi connectivity index (χ1) is 35.0. The Labute approximate surface area is 419 Å². The van der Waals surface area contributed by atoms with Gasteiger partial charge in [0.05, 0.1) is 69.8 Å². The van der Waals surface area contributed by atoms with Crippen LogP contribution in [0.5, 0.6) is 0 Å². The van der Waals surface area contributed by atoms with E-state index in [1.54, 1.807) is 60.8 Å². The minimum Gasteiger partial charge on any atom is -0.378 e. The topological polar surface area (TPSA) is 224 Å². The molecule has 3 heterocycles. The third kappa shape index (κ3) is 14.5. The number of aryl methyl sites for hydroxylation is 1. The molecule has 0 aliphatic carbocycles. The highest BCUT2D eigenvalue weighted by Gasteiger charge is 2.32. The molecule has 1 fully saturated rings. The highest BCUT2D eigenvalue weighted by Crippen LogP contribution is 2.35. The van der Waals surface area contributed by atoms with Gasteiger partial charge in [-0.15, -0.1) is 0 Å². The van der Waals surface area contributed by atoms with E-state index in [-0.39, 0.29) is 74.1 Å². The van der Waals surface area contributed by atoms with Crippen LogP contribution in [0.15, 0.2) is 90.1 Å². The summed E-state index contributed by atoms with van der Waals surface area (Å²) >= 11 is 6.34. The summed E-state index contributed by atoms with van der Waals surface area (Å²) in [6.07, 6.45) is 2.56. The van der Waals surface area contributed by atoms with Crippen molar-refractivity contribution in [2.75, 3.05) is 83.1 Å². The molecule has 18 nitrogen and oxygen atoms in total. The fourth-order valence-electron chi connectivity index (χ4n) is 7.83. The Balaban J connectivity index is 0.709. The summed E-state index contributed by atoms with van der Waals surface area (Å²) in [6, 6.07) is 20.0. The van der Waals surface area contributed by atoms with Crippen LogP contribution in [0.2, 0.25) is 5.02 Å². The minimum absolute atomic E-state index is 0.0791. The number of rotatable bonds is 26. The van der Waals surface area contributed by atoms with Gasteiger partial charge in [-0.3, -0.25) is 34.3 Å². The average Bonchev–Trinajstić information content (AvgIpc) is 3.51. The number of benzene rings is 4. The van der Waals surface area contributed by atoms with Crippen molar-refractivity contribution in [2.24, 2.45) is 4.99 Å². The summed E-state index contributed by atoms with van der Waals surface area (Å²) in [5.41, 5.74) is 5.18. The number of aliphatic imine (C=N–C) groups is 1. The molecule has 2 aliphatic heterocycles. The van der Waals surface area contributed by atoms with Crippen molar-refractivity contribution >= 4 is 64.7 Å². The van der Waals surface area contributed by atoms with Crippen molar-refractivity contribution in [3.63, 3.8) is 0 Å². The number of ether oxygens (including phenoxy) is 4. The second-order valence-electron chi connectivity index (χ2n) is 16.5. The molecule has 4 aromatic carbocycles. The van der Waals surface area contributed by atoms with E-state index in [0.717, 1.165) is 5.56 Å². The Hall–Kier alpha value is -7.07. The van der Waals surface area contributed by atoms with Gasteiger partial charge in [0.25, 0.3) is 5.91 Å². The third-order valence-electron chi connectivity index (χ3n) is 11.5. The molecule has 0 bridgehead atoms. The first-order valence-electron chi connectivity index (χ1n) is 23.2. The van der Waals surface area contributed by atoms with Gasteiger partial charge in [0.1, 0.15) is 24.3 Å². The van der Waals surface area contributed by atoms with Gasteiger partial charge in [-0.1, -0.05) is 35.9 Å². The van der Waals surface area contributed by atoms with Gasteiger partial charge in [0.2, 0.25) is 30.1 Å². The first-order valence-corrected chi connectivity index (χ1v) is 23.6. The molecule has 2 aliphatic rings. The summed E-state index contributed by atoms with van der Waals surface area (Å²) in [6.45, 7) is 5.69. The van der Waals surface area contributed by atoms with Gasteiger partial charge in [-0.25, -0.2) is 18.7 Å². The highest BCUT2D eigenvalue weighted by atomic mass is 35.5. The molecular formula is C51H54ClF2N9O9. The lowest BCUT2D eigenvalue weighted by atomic mass is 9.95. The normalized spacial score (nSPS) is 14.1. The number of aromatic nitrogens is 2. The number of piperidine rings is 1. The summed E-state index contributed by atoms with van der Waals surface area (Å²) in [4.78, 5) is 76.4. The molecule has 1 saturated heterocycles. The SMILES string of the molecule is Cc1cccc(NC(=O)COCCNCCOCCOCCOCCNC(=O)c2ccc(Nc3ncc4c(n3)-c3ccc(Cl)cc3C(c3c(F)cccc3F)=NC4)cc2)c1CN(C=O)C1CCC(=O)NC1=O. The zero-order valence-corrected chi connectivity index (χ0v) is 40.2. The molecular weight excluding hydrogens is 956 g/mol. The second kappa shape index (κ2) is 26.4. The molecule has 7 rings (SSSR count). The number of halogens is 3. The summed E-state index contributed by atoms with van der Waals surface area (Å²) in [7, 11) is 0. The Morgan fingerprint density at radius 3 is 2.28 bits per heavy atom. The van der Waals surface area contributed by atoms with Gasteiger partial charge >= 0.3 is 0 Å². The van der Waals surface area contributed by atoms with E-state index in [9.17, 15) is 32.8 Å². The van der Waals surface area contributed by atoms with Crippen LogP contribution in [-0.4, -0.2) is 129 Å². The van der Waals surface area contributed by atoms with Crippen LogP contribution in [0.1, 0.15) is 51.0 Å². The largest absolute Gasteiger partial charge is 0.378 e. The number of amides is 5. The molecule has 72 heavy (non-hydrogen) atoms. The van der Waals surface area contributed by atoms with Crippen molar-refractivity contribution in [3.05, 3.63) is 135 Å². The van der Waals surface area contributed by atoms with E-state index < -0.39 is 23.6 Å². The molecule has 0 radical (unpaired) electrons. The molecule has 21 heteroatoms. The fourth-order valence-corrected chi connectivity index (χ4v) is 8.00. The van der Waals surface area contributed by atoms with Gasteiger partial charge in [-0.2, -0.15) is 0 Å². The van der Waals surface area contributed by atoms with E-state index in [4.69, 9.17) is 35.5 Å². The van der Waals surface area contributed by atoms with Gasteiger partial charge in [-0.05, 0) is 79.1 Å². The lowest BCUT2D eigenvalue weighted by Gasteiger charge is -2.31. The van der Waals surface area contributed by atoms with Crippen molar-refractivity contribution in [2.45, 2.75) is 38.9 Å². The lowest BCUT2D eigenvalue weighted by molar-refractivity contribution is -0.141. The molecule has 1 aromatic heterocycles. The number of hydrogen-bond acceptors (Lipinski definition) is 14. The van der Waals surface area contributed by atoms with Crippen molar-refractivity contribution in [1.82, 2.24) is 30.8 Å². The van der Waals surface area contributed by atoms with Crippen LogP contribution < -0.4 is 26.6 Å². The predicted octanol–water partition coefficient (Wildman–Crippen LogP) is 5.27. The summed E-state index contributed by atoms with van der Waals surface area (Å²) in [5, 5.41) is 14.6. The van der Waals surface area contributed by atoms with E-state index in [0.29, 0.717) is 116 Å². The average molecular weight is 1010 g/mol. The van der Waals surface area contributed by atoms with Gasteiger partial charge in [0.15, 0.2) is 0 Å². The standard InChI is InChI=1S/C51H54ClF2N9O9/c1-32-4-2-7-42(39(32)29-63(31-64)43-14-15-44(65)61-50(43)68)60-45(66)30-72-20-17-55-16-19-69-22-24-71-25-23-70-21-18-56-49(67)33-8-11-36(12-9-33)59-51-58-28-34-27-57-48(46-40(53)5-3-6-41(46)54)38-26-35(52)10-13-37(38)47(34)62-51/h2-13,26,28,31,43,55H,14-25,27,29-30H2,1H3,(H,56,67)(H,60,66)(H,58,59,62)(H,61,65,68). The van der Waals surface area contributed by atoms with Crippen LogP contribution in [-0.2, 0) is 51.2 Å². The summed E-state index contributed by atoms with van der Waals surface area (Å²) < 4.78 is 52.1. The van der Waals surface area contributed by atoms with Gasteiger partial charge < -0.3 is 45.1 Å². The van der Waals surface area contributed by atoms with E-state index in [1.807, 2.05) is 13.0 Å². The van der Waals surface area contributed by atoms with Gasteiger partial charge in [0, 0.05) is 77.4 Å². The third-order valence-corrected chi connectivity index (χ3v) is 11.7. The van der Waals surface area contributed by atoms with Crippen LogP contribution in [0.3, 0.4) is 0 Å². The molecule has 1 atom stereocenters. The molecule has 5 aromatic rings. The van der Waals surface area contributed by atoms with E-state index in [2.05, 4.69) is 36.6 Å². The minimum atomic E-state index is -0.779. The molecule has 5 N–H and O–H groups in total. The Kier molecular flexibility index (Phi) is 19.3. The Morgan fingerprint density at radius 2 is 1.56 bits per heavy atom. The zero-order chi connectivity index (χ0) is 50.8. The van der Waals surface area contributed by atoms with Crippen LogP contribution in [0.25, 0.3) is 11.3 Å². The van der Waals surface area contributed by atoms with Crippen LogP contribution >= 0.6 is 11.6 Å². The number of nitrogens with zero attached hydrogens (tertiary/aromatic N) is 4. The molecule has 0 spiro atoms. The predicted molar refractivity (Wildman–Crippen MR) is 264 cm³/mol. The van der Waals surface area contributed by atoms with Crippen molar-refractivity contribution in [3.8, 4) is 11.3 Å². The lowest BCUT2D eigenvalue weighted by Crippen LogP contribution is -2.51. The molecule has 5 amide bonds. The van der Waals surface area contributed by atoms with E-state index in [1.165, 1.54) is 23.1 Å². The molecule has 378 valence electrons. The molecule has 0 saturated carbocycles. The Bertz CT molecular complexity index is 2750. The zero-order valence-electron chi connectivity index (χ0n) is 39.4. The smallest absolute Gasteiger partial charge is 0.251 e. The van der Waals surface area contributed by atoms with E-state index >= 15 is 0 Å². The number of carbonyl (C=O) groups excluding carboxylic acids is 5. The number of hydrogen-bond donors (Lipinski definition) is 5. The highest BCUT2D eigenvalue weighted by molar-refractivity contribution is 6.31. The van der Waals surface area contributed by atoms with Crippen molar-refractivity contribution in [1.29, 1.82) is 0 Å². The molecule has 1 unspecified atom stereocenters. The fraction of sp³-hybridized carbons (Fsp3) is 0.333. The maximum absolute atomic E-state index is 14.9. The number of carbonyl (C=O) groups is 5. The number of imide groups is 1. The maximum atomic E-state index is 14.9. The van der Waals surface area contributed by atoms with Crippen LogP contribution in [0, 0.1) is 18.6 Å². The Morgan fingerprint density at radius 1 is 0.861 bits per heavy atom. The first kappa shape index (κ1) is 52.7. The number of fused-ring (bicyclic) bond motifs is 3. The second-order valence-corrected chi connectivity index (χ2v) is 16.9. The number of nitrogens with one attached hydrogen (secondary N) is 5. The number of anilines is 3. The monoisotopic (exact) mass is 1010 g/mol.